The first-order valence-electron chi connectivity index (χ1n) is 8.63. The highest BCUT2D eigenvalue weighted by Crippen LogP contribution is 2.28. The van der Waals surface area contributed by atoms with Crippen LogP contribution in [0.2, 0.25) is 5.02 Å². The number of piperazine rings is 1. The van der Waals surface area contributed by atoms with Gasteiger partial charge in [-0.25, -0.2) is 0 Å². The van der Waals surface area contributed by atoms with Gasteiger partial charge in [0.2, 0.25) is 0 Å². The van der Waals surface area contributed by atoms with E-state index >= 15 is 0 Å². The maximum Gasteiger partial charge on any atom is 0.260 e. The fourth-order valence-corrected chi connectivity index (χ4v) is 3.32. The highest BCUT2D eigenvalue weighted by Gasteiger charge is 2.23. The van der Waals surface area contributed by atoms with E-state index in [-0.39, 0.29) is 12.5 Å². The van der Waals surface area contributed by atoms with Gasteiger partial charge in [-0.2, -0.15) is 0 Å². The lowest BCUT2D eigenvalue weighted by Crippen LogP contribution is -2.50. The molecule has 0 N–H and O–H groups in total. The molecule has 0 saturated carbocycles. The molecule has 0 bridgehead atoms. The molecule has 1 aliphatic rings. The average Bonchev–Trinajstić information content (AvgIpc) is 2.67. The molecule has 26 heavy (non-hydrogen) atoms. The van der Waals surface area contributed by atoms with Crippen LogP contribution >= 0.6 is 11.6 Å². The van der Waals surface area contributed by atoms with Gasteiger partial charge in [-0.1, -0.05) is 23.7 Å². The summed E-state index contributed by atoms with van der Waals surface area (Å²) < 4.78 is 11.1. The van der Waals surface area contributed by atoms with Gasteiger partial charge in [0.25, 0.3) is 5.91 Å². The highest BCUT2D eigenvalue weighted by molar-refractivity contribution is 6.30. The van der Waals surface area contributed by atoms with Gasteiger partial charge in [-0.05, 0) is 42.8 Å². The molecule has 5 nitrogen and oxygen atoms in total. The van der Waals surface area contributed by atoms with E-state index in [1.54, 1.807) is 19.2 Å². The number of benzene rings is 2. The van der Waals surface area contributed by atoms with Gasteiger partial charge in [0.15, 0.2) is 6.61 Å². The van der Waals surface area contributed by atoms with Crippen molar-refractivity contribution in [2.75, 3.05) is 44.8 Å². The predicted molar refractivity (Wildman–Crippen MR) is 103 cm³/mol. The molecule has 1 amide bonds. The first-order valence-corrected chi connectivity index (χ1v) is 9.01. The van der Waals surface area contributed by atoms with E-state index in [4.69, 9.17) is 21.1 Å². The van der Waals surface area contributed by atoms with Crippen molar-refractivity contribution in [1.82, 2.24) is 4.90 Å². The Labute approximate surface area is 159 Å². The molecule has 0 aliphatic carbocycles. The Morgan fingerprint density at radius 1 is 1.08 bits per heavy atom. The normalized spacial score (nSPS) is 14.3. The van der Waals surface area contributed by atoms with E-state index in [1.807, 2.05) is 42.2 Å². The zero-order chi connectivity index (χ0) is 18.5. The maximum atomic E-state index is 12.4. The second-order valence-corrected chi connectivity index (χ2v) is 6.67. The molecule has 1 heterocycles. The minimum atomic E-state index is -0.000901. The molecule has 6 heteroatoms. The number of anilines is 1. The molecule has 0 unspecified atom stereocenters. The molecule has 3 rings (SSSR count). The van der Waals surface area contributed by atoms with Crippen LogP contribution in [-0.2, 0) is 4.79 Å². The van der Waals surface area contributed by atoms with Gasteiger partial charge in [0, 0.05) is 31.2 Å². The molecule has 138 valence electrons. The van der Waals surface area contributed by atoms with Gasteiger partial charge >= 0.3 is 0 Å². The molecule has 0 spiro atoms. The molecular weight excluding hydrogens is 352 g/mol. The number of halogens is 1. The van der Waals surface area contributed by atoms with Crippen molar-refractivity contribution in [3.8, 4) is 11.5 Å². The topological polar surface area (TPSA) is 42.0 Å². The van der Waals surface area contributed by atoms with Gasteiger partial charge < -0.3 is 19.3 Å². The Balaban J connectivity index is 1.53. The van der Waals surface area contributed by atoms with E-state index in [2.05, 4.69) is 4.90 Å². The standard InChI is InChI=1S/C20H23ClN2O3/c1-15-13-16(21)7-8-18(15)26-14-20(24)23-11-9-22(10-12-23)17-5-3-4-6-19(17)25-2/h3-8,13H,9-12,14H2,1-2H3. The van der Waals surface area contributed by atoms with Crippen LogP contribution in [0.15, 0.2) is 42.5 Å². The Kier molecular flexibility index (Phi) is 5.89. The van der Waals surface area contributed by atoms with E-state index < -0.39 is 0 Å². The SMILES string of the molecule is COc1ccccc1N1CCN(C(=O)COc2ccc(Cl)cc2C)CC1. The van der Waals surface area contributed by atoms with Crippen LogP contribution in [0.4, 0.5) is 5.69 Å². The van der Waals surface area contributed by atoms with Crippen molar-refractivity contribution in [2.24, 2.45) is 0 Å². The highest BCUT2D eigenvalue weighted by atomic mass is 35.5. The van der Waals surface area contributed by atoms with Gasteiger partial charge in [-0.3, -0.25) is 4.79 Å². The number of ether oxygens (including phenoxy) is 2. The molecular formula is C20H23ClN2O3. The smallest absolute Gasteiger partial charge is 0.260 e. The van der Waals surface area contributed by atoms with E-state index in [1.165, 1.54) is 0 Å². The zero-order valence-corrected chi connectivity index (χ0v) is 15.8. The minimum Gasteiger partial charge on any atom is -0.495 e. The van der Waals surface area contributed by atoms with Crippen LogP contribution in [-0.4, -0.2) is 50.7 Å². The van der Waals surface area contributed by atoms with E-state index in [9.17, 15) is 4.79 Å². The first-order chi connectivity index (χ1) is 12.6. The van der Waals surface area contributed by atoms with E-state index in [0.717, 1.165) is 30.1 Å². The molecule has 0 aromatic heterocycles. The summed E-state index contributed by atoms with van der Waals surface area (Å²) in [7, 11) is 1.68. The number of aryl methyl sites for hydroxylation is 1. The fourth-order valence-electron chi connectivity index (χ4n) is 3.09. The van der Waals surface area contributed by atoms with Gasteiger partial charge in [0.1, 0.15) is 11.5 Å². The first kappa shape index (κ1) is 18.4. The number of methoxy groups -OCH3 is 1. The second kappa shape index (κ2) is 8.32. The summed E-state index contributed by atoms with van der Waals surface area (Å²) in [6.45, 7) is 4.83. The molecule has 1 saturated heterocycles. The second-order valence-electron chi connectivity index (χ2n) is 6.24. The molecule has 0 radical (unpaired) electrons. The number of nitrogens with zero attached hydrogens (tertiary/aromatic N) is 2. The summed E-state index contributed by atoms with van der Waals surface area (Å²) in [5.41, 5.74) is 1.99. The Morgan fingerprint density at radius 3 is 2.50 bits per heavy atom. The summed E-state index contributed by atoms with van der Waals surface area (Å²) in [5.74, 6) is 1.54. The number of rotatable bonds is 5. The monoisotopic (exact) mass is 374 g/mol. The summed E-state index contributed by atoms with van der Waals surface area (Å²) >= 11 is 5.94. The Bertz CT molecular complexity index is 773. The summed E-state index contributed by atoms with van der Waals surface area (Å²) in [5, 5.41) is 0.661. The largest absolute Gasteiger partial charge is 0.495 e. The number of carbonyl (C=O) groups is 1. The van der Waals surface area contributed by atoms with Crippen LogP contribution in [0, 0.1) is 6.92 Å². The lowest BCUT2D eigenvalue weighted by Gasteiger charge is -2.36. The van der Waals surface area contributed by atoms with Crippen LogP contribution < -0.4 is 14.4 Å². The quantitative estimate of drug-likeness (QED) is 0.804. The third-order valence-corrected chi connectivity index (χ3v) is 4.78. The van der Waals surface area contributed by atoms with E-state index in [0.29, 0.717) is 23.9 Å². The summed E-state index contributed by atoms with van der Waals surface area (Å²) in [6.07, 6.45) is 0. The molecule has 2 aromatic rings. The van der Waals surface area contributed by atoms with Crippen LogP contribution in [0.1, 0.15) is 5.56 Å². The van der Waals surface area contributed by atoms with Crippen molar-refractivity contribution in [2.45, 2.75) is 6.92 Å². The van der Waals surface area contributed by atoms with Crippen molar-refractivity contribution < 1.29 is 14.3 Å². The third-order valence-electron chi connectivity index (χ3n) is 4.55. The third kappa shape index (κ3) is 4.22. The maximum absolute atomic E-state index is 12.4. The molecule has 1 fully saturated rings. The minimum absolute atomic E-state index is 0.000901. The van der Waals surface area contributed by atoms with Gasteiger partial charge in [-0.15, -0.1) is 0 Å². The molecule has 2 aromatic carbocycles. The van der Waals surface area contributed by atoms with Crippen molar-refractivity contribution >= 4 is 23.2 Å². The Hall–Kier alpha value is -2.40. The lowest BCUT2D eigenvalue weighted by molar-refractivity contribution is -0.133. The predicted octanol–water partition coefficient (Wildman–Crippen LogP) is 3.38. The molecule has 0 atom stereocenters. The average molecular weight is 375 g/mol. The number of para-hydroxylation sites is 2. The van der Waals surface area contributed by atoms with Crippen LogP contribution in [0.25, 0.3) is 0 Å². The number of hydrogen-bond donors (Lipinski definition) is 0. The number of hydrogen-bond acceptors (Lipinski definition) is 4. The van der Waals surface area contributed by atoms with Gasteiger partial charge in [0.05, 0.1) is 12.8 Å². The van der Waals surface area contributed by atoms with Crippen LogP contribution in [0.5, 0.6) is 11.5 Å². The zero-order valence-electron chi connectivity index (χ0n) is 15.1. The number of carbonyl (C=O) groups excluding carboxylic acids is 1. The van der Waals surface area contributed by atoms with Crippen molar-refractivity contribution in [1.29, 1.82) is 0 Å². The number of amides is 1. The Morgan fingerprint density at radius 2 is 1.81 bits per heavy atom. The van der Waals surface area contributed by atoms with Crippen molar-refractivity contribution in [3.63, 3.8) is 0 Å². The fraction of sp³-hybridized carbons (Fsp3) is 0.350. The lowest BCUT2D eigenvalue weighted by atomic mass is 10.2. The van der Waals surface area contributed by atoms with Crippen molar-refractivity contribution in [3.05, 3.63) is 53.1 Å². The summed E-state index contributed by atoms with van der Waals surface area (Å²) in [6, 6.07) is 13.3. The molecule has 1 aliphatic heterocycles. The summed E-state index contributed by atoms with van der Waals surface area (Å²) in [4.78, 5) is 16.5. The van der Waals surface area contributed by atoms with Crippen LogP contribution in [0.3, 0.4) is 0 Å².